The second-order valence-electron chi connectivity index (χ2n) is 4.95. The molecule has 6 nitrogen and oxygen atoms in total. The molecule has 2 unspecified atom stereocenters. The van der Waals surface area contributed by atoms with Crippen LogP contribution in [0, 0.1) is 0 Å². The third-order valence-electron chi connectivity index (χ3n) is 3.73. The summed E-state index contributed by atoms with van der Waals surface area (Å²) in [5, 5.41) is 0.487. The first kappa shape index (κ1) is 17.7. The molecule has 0 aromatic heterocycles. The summed E-state index contributed by atoms with van der Waals surface area (Å²) in [6.07, 6.45) is -0.408. The Morgan fingerprint density at radius 3 is 2.45 bits per heavy atom. The molecule has 124 valence electrons. The van der Waals surface area contributed by atoms with Crippen molar-refractivity contribution in [2.24, 2.45) is 0 Å². The maximum atomic E-state index is 11.7. The minimum absolute atomic E-state index is 0.487. The third kappa shape index (κ3) is 3.61. The molecular weight excluding hydrogens is 330 g/mol. The van der Waals surface area contributed by atoms with Crippen molar-refractivity contribution in [3.8, 4) is 0 Å². The molecule has 1 aromatic carbocycles. The minimum Gasteiger partial charge on any atom is -0.338 e. The van der Waals surface area contributed by atoms with E-state index in [1.54, 1.807) is 18.2 Å². The van der Waals surface area contributed by atoms with Crippen molar-refractivity contribution < 1.29 is 22.1 Å². The summed E-state index contributed by atoms with van der Waals surface area (Å²) >= 11 is 6.21. The second-order valence-corrected chi connectivity index (χ2v) is 6.84. The van der Waals surface area contributed by atoms with E-state index in [1.807, 2.05) is 19.9 Å². The van der Waals surface area contributed by atoms with Crippen LogP contribution in [0.4, 0.5) is 0 Å². The van der Waals surface area contributed by atoms with Gasteiger partial charge in [0.1, 0.15) is 6.10 Å². The Kier molecular flexibility index (Phi) is 5.47. The van der Waals surface area contributed by atoms with Gasteiger partial charge in [0.2, 0.25) is 0 Å². The first-order valence-corrected chi connectivity index (χ1v) is 8.83. The highest BCUT2D eigenvalue weighted by atomic mass is 35.5. The van der Waals surface area contributed by atoms with E-state index in [0.29, 0.717) is 23.4 Å². The topological polar surface area (TPSA) is 73.9 Å². The normalized spacial score (nSPS) is 24.5. The van der Waals surface area contributed by atoms with E-state index in [4.69, 9.17) is 21.1 Å². The fourth-order valence-corrected chi connectivity index (χ4v) is 3.20. The summed E-state index contributed by atoms with van der Waals surface area (Å²) in [4.78, 5) is 0. The van der Waals surface area contributed by atoms with E-state index in [-0.39, 0.29) is 0 Å². The summed E-state index contributed by atoms with van der Waals surface area (Å²) in [7, 11) is -2.84. The SMILES string of the molecule is CCC1(CC)OC(NS(=O)(=O)OC)C(c2ccccc2Cl)O1. The average Bonchev–Trinajstić information content (AvgIpc) is 2.86. The number of ether oxygens (including phenoxy) is 2. The zero-order chi connectivity index (χ0) is 16.4. The van der Waals surface area contributed by atoms with Gasteiger partial charge in [-0.3, -0.25) is 4.18 Å². The highest BCUT2D eigenvalue weighted by Gasteiger charge is 2.48. The van der Waals surface area contributed by atoms with E-state index in [9.17, 15) is 8.42 Å². The molecule has 0 aliphatic carbocycles. The molecule has 2 atom stereocenters. The summed E-state index contributed by atoms with van der Waals surface area (Å²) in [5.41, 5.74) is 0.664. The monoisotopic (exact) mass is 349 g/mol. The van der Waals surface area contributed by atoms with Gasteiger partial charge in [0.15, 0.2) is 12.0 Å². The molecule has 0 spiro atoms. The standard InChI is InChI=1S/C14H20ClNO5S/c1-4-14(5-2)20-12(10-8-6-7-9-11(10)15)13(21-14)16-22(17,18)19-3/h6-9,12-13,16H,4-5H2,1-3H3. The number of hydrogen-bond acceptors (Lipinski definition) is 5. The molecule has 1 saturated heterocycles. The van der Waals surface area contributed by atoms with Crippen LogP contribution in [-0.2, 0) is 24.0 Å². The first-order chi connectivity index (χ1) is 10.4. The Morgan fingerprint density at radius 2 is 1.91 bits per heavy atom. The number of halogens is 1. The molecule has 1 aromatic rings. The van der Waals surface area contributed by atoms with Gasteiger partial charge in [0, 0.05) is 10.6 Å². The zero-order valence-corrected chi connectivity index (χ0v) is 14.3. The molecule has 1 aliphatic rings. The Balaban J connectivity index is 2.37. The first-order valence-electron chi connectivity index (χ1n) is 7.04. The Hall–Kier alpha value is -0.700. The number of rotatable bonds is 6. The lowest BCUT2D eigenvalue weighted by Gasteiger charge is -2.25. The molecule has 0 radical (unpaired) electrons. The van der Waals surface area contributed by atoms with Crippen LogP contribution in [0.15, 0.2) is 24.3 Å². The lowest BCUT2D eigenvalue weighted by molar-refractivity contribution is -0.180. The van der Waals surface area contributed by atoms with Crippen LogP contribution in [0.1, 0.15) is 38.4 Å². The fourth-order valence-electron chi connectivity index (χ4n) is 2.41. The smallest absolute Gasteiger partial charge is 0.337 e. The zero-order valence-electron chi connectivity index (χ0n) is 12.7. The Labute approximate surface area is 136 Å². The van der Waals surface area contributed by atoms with E-state index >= 15 is 0 Å². The predicted molar refractivity (Wildman–Crippen MR) is 82.5 cm³/mol. The Bertz CT molecular complexity index is 617. The molecule has 1 heterocycles. The van der Waals surface area contributed by atoms with Crippen molar-refractivity contribution in [1.82, 2.24) is 4.72 Å². The van der Waals surface area contributed by atoms with Crippen molar-refractivity contribution >= 4 is 21.9 Å². The van der Waals surface area contributed by atoms with Gasteiger partial charge in [-0.1, -0.05) is 43.6 Å². The fraction of sp³-hybridized carbons (Fsp3) is 0.571. The summed E-state index contributed by atoms with van der Waals surface area (Å²) in [5.74, 6) is -0.856. The maximum absolute atomic E-state index is 11.7. The minimum atomic E-state index is -3.92. The largest absolute Gasteiger partial charge is 0.338 e. The number of nitrogens with one attached hydrogen (secondary N) is 1. The molecule has 22 heavy (non-hydrogen) atoms. The van der Waals surface area contributed by atoms with Gasteiger partial charge in [0.25, 0.3) is 0 Å². The molecule has 0 saturated carbocycles. The summed E-state index contributed by atoms with van der Waals surface area (Å²) in [6.45, 7) is 3.83. The quantitative estimate of drug-likeness (QED) is 0.854. The third-order valence-corrected chi connectivity index (χ3v) is 5.03. The van der Waals surface area contributed by atoms with E-state index in [1.165, 1.54) is 0 Å². The van der Waals surface area contributed by atoms with Crippen LogP contribution in [0.3, 0.4) is 0 Å². The van der Waals surface area contributed by atoms with Gasteiger partial charge in [-0.25, -0.2) is 0 Å². The molecule has 2 rings (SSSR count). The van der Waals surface area contributed by atoms with Crippen LogP contribution in [0.2, 0.25) is 5.02 Å². The van der Waals surface area contributed by atoms with E-state index in [0.717, 1.165) is 7.11 Å². The molecule has 1 aliphatic heterocycles. The predicted octanol–water partition coefficient (Wildman–Crippen LogP) is 2.75. The van der Waals surface area contributed by atoms with Crippen LogP contribution in [0.25, 0.3) is 0 Å². The van der Waals surface area contributed by atoms with Gasteiger partial charge >= 0.3 is 10.3 Å². The highest BCUT2D eigenvalue weighted by Crippen LogP contribution is 2.43. The van der Waals surface area contributed by atoms with Crippen molar-refractivity contribution in [2.45, 2.75) is 44.8 Å². The molecule has 8 heteroatoms. The van der Waals surface area contributed by atoms with Crippen LogP contribution in [0.5, 0.6) is 0 Å². The van der Waals surface area contributed by atoms with Crippen molar-refractivity contribution in [1.29, 1.82) is 0 Å². The summed E-state index contributed by atoms with van der Waals surface area (Å²) in [6, 6.07) is 7.11. The lowest BCUT2D eigenvalue weighted by Crippen LogP contribution is -2.40. The highest BCUT2D eigenvalue weighted by molar-refractivity contribution is 7.84. The van der Waals surface area contributed by atoms with Crippen molar-refractivity contribution in [3.05, 3.63) is 34.9 Å². The van der Waals surface area contributed by atoms with E-state index < -0.39 is 28.4 Å². The second kappa shape index (κ2) is 6.82. The molecule has 0 bridgehead atoms. The van der Waals surface area contributed by atoms with Crippen LogP contribution < -0.4 is 4.72 Å². The molecule has 1 fully saturated rings. The maximum Gasteiger partial charge on any atom is 0.337 e. The Morgan fingerprint density at radius 1 is 1.27 bits per heavy atom. The van der Waals surface area contributed by atoms with Crippen LogP contribution in [-0.4, -0.2) is 27.5 Å². The van der Waals surface area contributed by atoms with Crippen molar-refractivity contribution in [2.75, 3.05) is 7.11 Å². The van der Waals surface area contributed by atoms with Gasteiger partial charge < -0.3 is 9.47 Å². The van der Waals surface area contributed by atoms with Gasteiger partial charge in [-0.05, 0) is 18.9 Å². The molecule has 0 amide bonds. The van der Waals surface area contributed by atoms with Gasteiger partial charge in [0.05, 0.1) is 7.11 Å². The van der Waals surface area contributed by atoms with E-state index in [2.05, 4.69) is 8.91 Å². The average molecular weight is 350 g/mol. The molecular formula is C14H20ClNO5S. The molecule has 1 N–H and O–H groups in total. The van der Waals surface area contributed by atoms with Crippen LogP contribution >= 0.6 is 11.6 Å². The van der Waals surface area contributed by atoms with Gasteiger partial charge in [-0.15, -0.1) is 0 Å². The number of benzene rings is 1. The van der Waals surface area contributed by atoms with Crippen molar-refractivity contribution in [3.63, 3.8) is 0 Å². The van der Waals surface area contributed by atoms with Gasteiger partial charge in [-0.2, -0.15) is 13.1 Å². The lowest BCUT2D eigenvalue weighted by atomic mass is 10.1. The summed E-state index contributed by atoms with van der Waals surface area (Å²) < 4.78 is 42.1. The number of hydrogen-bond donors (Lipinski definition) is 1.